The fourth-order valence-corrected chi connectivity index (χ4v) is 7.53. The van der Waals surface area contributed by atoms with Gasteiger partial charge in [-0.15, -0.1) is 0 Å². The molecule has 0 fully saturated rings. The van der Waals surface area contributed by atoms with Crippen molar-refractivity contribution in [1.29, 1.82) is 0 Å². The Bertz CT molecular complexity index is 837. The first-order chi connectivity index (χ1) is 26.1. The van der Waals surface area contributed by atoms with Crippen LogP contribution in [0.15, 0.2) is 0 Å². The van der Waals surface area contributed by atoms with Gasteiger partial charge in [-0.3, -0.25) is 13.8 Å². The molecule has 324 valence electrons. The molecule has 8 nitrogen and oxygen atoms in total. The van der Waals surface area contributed by atoms with Crippen LogP contribution in [-0.4, -0.2) is 75.6 Å². The molecule has 9 heteroatoms. The van der Waals surface area contributed by atoms with Gasteiger partial charge < -0.3 is 18.9 Å². The standard InChI is InChI=1S/C45H92NO7P/c1-6-8-10-12-14-15-16-17-18-19-20-21-22-23-24-25-26-27-28-29-30-31-33-35-37-40-50-42-44(43-52-54(48,49)51-41-39-46(3,4)5)53-45(47)38-36-34-32-13-11-9-7-2/h44H,6-43H2,1-5H3/p+1. The first kappa shape index (κ1) is 53.5. The lowest BCUT2D eigenvalue weighted by Crippen LogP contribution is -2.37. The largest absolute Gasteiger partial charge is 0.472 e. The number of quaternary nitrogens is 1. The molecule has 0 aromatic carbocycles. The molecule has 54 heavy (non-hydrogen) atoms. The second-order valence-corrected chi connectivity index (χ2v) is 18.6. The Morgan fingerprint density at radius 1 is 0.500 bits per heavy atom. The molecule has 0 heterocycles. The molecule has 0 aliphatic rings. The molecule has 0 aromatic heterocycles. The molecule has 0 radical (unpaired) electrons. The van der Waals surface area contributed by atoms with Crippen LogP contribution in [0.3, 0.4) is 0 Å². The molecule has 0 spiro atoms. The maximum absolute atomic E-state index is 12.6. The Morgan fingerprint density at radius 2 is 0.852 bits per heavy atom. The number of esters is 1. The summed E-state index contributed by atoms with van der Waals surface area (Å²) in [5, 5.41) is 0. The Kier molecular flexibility index (Phi) is 39.0. The van der Waals surface area contributed by atoms with Crippen molar-refractivity contribution in [3.63, 3.8) is 0 Å². The number of likely N-dealkylation sites (N-methyl/N-ethyl adjacent to an activating group) is 1. The van der Waals surface area contributed by atoms with E-state index in [2.05, 4.69) is 13.8 Å². The summed E-state index contributed by atoms with van der Waals surface area (Å²) in [4.78, 5) is 22.7. The van der Waals surface area contributed by atoms with Crippen LogP contribution in [0, 0.1) is 0 Å². The fourth-order valence-electron chi connectivity index (χ4n) is 6.79. The van der Waals surface area contributed by atoms with E-state index in [1.165, 1.54) is 173 Å². The Labute approximate surface area is 336 Å². The zero-order valence-corrected chi connectivity index (χ0v) is 37.6. The number of hydrogen-bond donors (Lipinski definition) is 1. The topological polar surface area (TPSA) is 91.3 Å². The highest BCUT2D eigenvalue weighted by Gasteiger charge is 2.26. The number of rotatable bonds is 44. The van der Waals surface area contributed by atoms with Crippen LogP contribution in [0.4, 0.5) is 0 Å². The maximum atomic E-state index is 12.6. The van der Waals surface area contributed by atoms with Gasteiger partial charge >= 0.3 is 13.8 Å². The van der Waals surface area contributed by atoms with Gasteiger partial charge in [-0.25, -0.2) is 4.57 Å². The van der Waals surface area contributed by atoms with Gasteiger partial charge in [0.15, 0.2) is 0 Å². The van der Waals surface area contributed by atoms with Gasteiger partial charge in [0.1, 0.15) is 19.3 Å². The minimum absolute atomic E-state index is 0.0933. The Morgan fingerprint density at radius 3 is 1.22 bits per heavy atom. The van der Waals surface area contributed by atoms with Crippen LogP contribution in [-0.2, 0) is 27.9 Å². The summed E-state index contributed by atoms with van der Waals surface area (Å²) in [6.07, 6.45) is 41.7. The van der Waals surface area contributed by atoms with Gasteiger partial charge in [0.2, 0.25) is 0 Å². The lowest BCUT2D eigenvalue weighted by molar-refractivity contribution is -0.870. The summed E-state index contributed by atoms with van der Waals surface area (Å²) in [6.45, 7) is 5.63. The van der Waals surface area contributed by atoms with E-state index in [-0.39, 0.29) is 25.8 Å². The third kappa shape index (κ3) is 42.6. The molecule has 1 N–H and O–H groups in total. The quantitative estimate of drug-likeness (QED) is 0.0284. The van der Waals surface area contributed by atoms with Crippen molar-refractivity contribution < 1.29 is 37.3 Å². The number of unbranched alkanes of at least 4 members (excludes halogenated alkanes) is 30. The zero-order chi connectivity index (χ0) is 39.9. The molecule has 0 rings (SSSR count). The summed E-state index contributed by atoms with van der Waals surface area (Å²) in [6, 6.07) is 0. The molecule has 0 aliphatic heterocycles. The molecule has 0 aromatic rings. The molecule has 0 amide bonds. The highest BCUT2D eigenvalue weighted by molar-refractivity contribution is 7.47. The van der Waals surface area contributed by atoms with Crippen molar-refractivity contribution in [1.82, 2.24) is 0 Å². The lowest BCUT2D eigenvalue weighted by Gasteiger charge is -2.24. The molecular weight excluding hydrogens is 697 g/mol. The van der Waals surface area contributed by atoms with Gasteiger partial charge in [-0.05, 0) is 12.8 Å². The predicted octanol–water partition coefficient (Wildman–Crippen LogP) is 13.7. The second kappa shape index (κ2) is 39.3. The van der Waals surface area contributed by atoms with E-state index in [4.69, 9.17) is 18.5 Å². The first-order valence-electron chi connectivity index (χ1n) is 23.3. The van der Waals surface area contributed by atoms with Gasteiger partial charge in [0.05, 0.1) is 34.4 Å². The highest BCUT2D eigenvalue weighted by atomic mass is 31.2. The number of carbonyl (C=O) groups excluding carboxylic acids is 1. The van der Waals surface area contributed by atoms with E-state index in [1.54, 1.807) is 0 Å². The van der Waals surface area contributed by atoms with Gasteiger partial charge in [-0.2, -0.15) is 0 Å². The van der Waals surface area contributed by atoms with Crippen molar-refractivity contribution in [2.45, 2.75) is 232 Å². The first-order valence-corrected chi connectivity index (χ1v) is 24.8. The van der Waals surface area contributed by atoms with Gasteiger partial charge in [0.25, 0.3) is 0 Å². The maximum Gasteiger partial charge on any atom is 0.472 e. The van der Waals surface area contributed by atoms with E-state index in [0.717, 1.165) is 32.1 Å². The number of nitrogens with zero attached hydrogens (tertiary/aromatic N) is 1. The van der Waals surface area contributed by atoms with Crippen molar-refractivity contribution in [3.8, 4) is 0 Å². The number of carbonyl (C=O) groups is 1. The second-order valence-electron chi connectivity index (χ2n) is 17.2. The molecule has 2 atom stereocenters. The van der Waals surface area contributed by atoms with E-state index in [9.17, 15) is 14.3 Å². The minimum Gasteiger partial charge on any atom is -0.457 e. The Hall–Kier alpha value is -0.500. The third-order valence-electron chi connectivity index (χ3n) is 10.4. The van der Waals surface area contributed by atoms with Crippen molar-refractivity contribution >= 4 is 13.8 Å². The normalized spacial score (nSPS) is 13.7. The molecule has 0 bridgehead atoms. The van der Waals surface area contributed by atoms with E-state index in [0.29, 0.717) is 24.1 Å². The summed E-state index contributed by atoms with van der Waals surface area (Å²) in [5.74, 6) is -0.315. The number of phosphoric acid groups is 1. The highest BCUT2D eigenvalue weighted by Crippen LogP contribution is 2.43. The van der Waals surface area contributed by atoms with Crippen LogP contribution in [0.2, 0.25) is 0 Å². The average molecular weight is 791 g/mol. The number of ether oxygens (including phenoxy) is 2. The molecule has 2 unspecified atom stereocenters. The van der Waals surface area contributed by atoms with Crippen molar-refractivity contribution in [2.75, 3.05) is 54.1 Å². The number of hydrogen-bond acceptors (Lipinski definition) is 6. The smallest absolute Gasteiger partial charge is 0.457 e. The van der Waals surface area contributed by atoms with E-state index in [1.807, 2.05) is 21.1 Å². The lowest BCUT2D eigenvalue weighted by atomic mass is 10.0. The van der Waals surface area contributed by atoms with Gasteiger partial charge in [0, 0.05) is 13.0 Å². The predicted molar refractivity (Wildman–Crippen MR) is 229 cm³/mol. The van der Waals surface area contributed by atoms with Crippen LogP contribution in [0.5, 0.6) is 0 Å². The van der Waals surface area contributed by atoms with Gasteiger partial charge in [-0.1, -0.05) is 206 Å². The summed E-state index contributed by atoms with van der Waals surface area (Å²) in [7, 11) is 1.68. The fraction of sp³-hybridized carbons (Fsp3) is 0.978. The molecular formula is C45H93NO7P+. The monoisotopic (exact) mass is 791 g/mol. The molecule has 0 saturated heterocycles. The third-order valence-corrected chi connectivity index (χ3v) is 11.4. The van der Waals surface area contributed by atoms with Crippen molar-refractivity contribution in [3.05, 3.63) is 0 Å². The van der Waals surface area contributed by atoms with Crippen LogP contribution >= 0.6 is 7.82 Å². The summed E-state index contributed by atoms with van der Waals surface area (Å²) >= 11 is 0. The zero-order valence-electron chi connectivity index (χ0n) is 36.7. The summed E-state index contributed by atoms with van der Waals surface area (Å²) in [5.41, 5.74) is 0. The van der Waals surface area contributed by atoms with Crippen LogP contribution < -0.4 is 0 Å². The van der Waals surface area contributed by atoms with Crippen molar-refractivity contribution in [2.24, 2.45) is 0 Å². The molecule has 0 saturated carbocycles. The Balaban J connectivity index is 3.88. The minimum atomic E-state index is -4.26. The molecule has 0 aliphatic carbocycles. The summed E-state index contributed by atoms with van der Waals surface area (Å²) < 4.78 is 34.9. The van der Waals surface area contributed by atoms with Crippen LogP contribution in [0.1, 0.15) is 226 Å². The van der Waals surface area contributed by atoms with Crippen LogP contribution in [0.25, 0.3) is 0 Å². The van der Waals surface area contributed by atoms with E-state index >= 15 is 0 Å². The number of phosphoric ester groups is 1. The van der Waals surface area contributed by atoms with E-state index < -0.39 is 13.9 Å². The average Bonchev–Trinajstić information content (AvgIpc) is 3.12. The SMILES string of the molecule is CCCCCCCCCCCCCCCCCCCCCCCCCCCOCC(COP(=O)(O)OCC[N+](C)(C)C)OC(=O)CCCCCCCCC.